The van der Waals surface area contributed by atoms with Gasteiger partial charge in [-0.05, 0) is 25.3 Å². The van der Waals surface area contributed by atoms with Crippen LogP contribution in [0.25, 0.3) is 0 Å². The van der Waals surface area contributed by atoms with Gasteiger partial charge in [-0.25, -0.2) is 4.79 Å². The van der Waals surface area contributed by atoms with Gasteiger partial charge in [0.05, 0.1) is 11.5 Å². The number of nitro groups is 1. The summed E-state index contributed by atoms with van der Waals surface area (Å²) < 4.78 is 0. The lowest BCUT2D eigenvalue weighted by molar-refractivity contribution is -0.384. The van der Waals surface area contributed by atoms with Gasteiger partial charge in [0.25, 0.3) is 5.69 Å². The van der Waals surface area contributed by atoms with Gasteiger partial charge in [0, 0.05) is 57.1 Å². The van der Waals surface area contributed by atoms with Crippen molar-refractivity contribution in [2.75, 3.05) is 51.1 Å². The summed E-state index contributed by atoms with van der Waals surface area (Å²) in [6, 6.07) is 5.60. The second-order valence-corrected chi connectivity index (χ2v) is 6.94. The first-order valence-corrected chi connectivity index (χ1v) is 9.33. The van der Waals surface area contributed by atoms with E-state index in [9.17, 15) is 19.7 Å². The van der Waals surface area contributed by atoms with Crippen molar-refractivity contribution in [1.82, 2.24) is 14.7 Å². The number of likely N-dealkylation sites (tertiary alicyclic amines) is 1. The molecule has 1 aromatic carbocycles. The van der Waals surface area contributed by atoms with Gasteiger partial charge in [0.15, 0.2) is 0 Å². The summed E-state index contributed by atoms with van der Waals surface area (Å²) in [5.74, 6) is 0.171. The molecule has 2 saturated heterocycles. The van der Waals surface area contributed by atoms with E-state index in [1.165, 1.54) is 24.6 Å². The van der Waals surface area contributed by atoms with Crippen LogP contribution in [-0.2, 0) is 4.79 Å². The topological polar surface area (TPSA) is 99.0 Å². The number of piperidine rings is 1. The fourth-order valence-corrected chi connectivity index (χ4v) is 3.44. The van der Waals surface area contributed by atoms with E-state index in [1.807, 2.05) is 4.90 Å². The summed E-state index contributed by atoms with van der Waals surface area (Å²) in [6.45, 7) is 4.43. The second kappa shape index (κ2) is 8.81. The Kier molecular flexibility index (Phi) is 6.23. The first-order chi connectivity index (χ1) is 13.0. The number of hydrogen-bond acceptors (Lipinski definition) is 5. The predicted molar refractivity (Wildman–Crippen MR) is 101 cm³/mol. The molecule has 0 aliphatic carbocycles. The molecule has 1 N–H and O–H groups in total. The highest BCUT2D eigenvalue weighted by molar-refractivity contribution is 5.89. The van der Waals surface area contributed by atoms with E-state index in [0.29, 0.717) is 38.4 Å². The number of carbonyl (C=O) groups is 2. The third-order valence-electron chi connectivity index (χ3n) is 5.04. The molecule has 0 atom stereocenters. The average Bonchev–Trinajstić information content (AvgIpc) is 2.69. The Hall–Kier alpha value is -2.68. The summed E-state index contributed by atoms with van der Waals surface area (Å²) in [6.07, 6.45) is 3.36. The van der Waals surface area contributed by atoms with Gasteiger partial charge in [0.2, 0.25) is 5.91 Å². The number of anilines is 1. The molecule has 1 aromatic rings. The van der Waals surface area contributed by atoms with E-state index in [0.717, 1.165) is 25.9 Å². The number of piperazine rings is 1. The van der Waals surface area contributed by atoms with Gasteiger partial charge in [-0.2, -0.15) is 0 Å². The van der Waals surface area contributed by atoms with E-state index < -0.39 is 4.92 Å². The number of non-ortho nitro benzene ring substituents is 1. The fourth-order valence-electron chi connectivity index (χ4n) is 3.44. The van der Waals surface area contributed by atoms with Crippen molar-refractivity contribution in [2.45, 2.75) is 19.3 Å². The lowest BCUT2D eigenvalue weighted by Gasteiger charge is -2.36. The summed E-state index contributed by atoms with van der Waals surface area (Å²) in [5.41, 5.74) is 0.339. The highest BCUT2D eigenvalue weighted by atomic mass is 16.6. The fraction of sp³-hybridized carbons (Fsp3) is 0.556. The maximum absolute atomic E-state index is 12.4. The van der Waals surface area contributed by atoms with E-state index >= 15 is 0 Å². The van der Waals surface area contributed by atoms with Gasteiger partial charge in [-0.3, -0.25) is 19.8 Å². The summed E-state index contributed by atoms with van der Waals surface area (Å²) in [4.78, 5) is 40.7. The van der Waals surface area contributed by atoms with Crippen molar-refractivity contribution in [3.05, 3.63) is 34.4 Å². The maximum Gasteiger partial charge on any atom is 0.321 e. The highest BCUT2D eigenvalue weighted by Crippen LogP contribution is 2.18. The number of carbonyl (C=O) groups excluding carboxylic acids is 2. The van der Waals surface area contributed by atoms with Crippen LogP contribution in [0.4, 0.5) is 16.2 Å². The predicted octanol–water partition coefficient (Wildman–Crippen LogP) is 1.76. The lowest BCUT2D eigenvalue weighted by Crippen LogP contribution is -2.52. The van der Waals surface area contributed by atoms with Crippen LogP contribution in [0.15, 0.2) is 24.3 Å². The zero-order valence-corrected chi connectivity index (χ0v) is 15.3. The number of benzene rings is 1. The van der Waals surface area contributed by atoms with Gasteiger partial charge in [-0.15, -0.1) is 0 Å². The average molecular weight is 375 g/mol. The number of nitrogens with zero attached hydrogens (tertiary/aromatic N) is 4. The van der Waals surface area contributed by atoms with Gasteiger partial charge in [-0.1, -0.05) is 6.07 Å². The minimum atomic E-state index is -0.492. The Morgan fingerprint density at radius 3 is 2.37 bits per heavy atom. The molecule has 0 saturated carbocycles. The zero-order chi connectivity index (χ0) is 19.2. The third-order valence-corrected chi connectivity index (χ3v) is 5.04. The minimum Gasteiger partial charge on any atom is -0.342 e. The van der Waals surface area contributed by atoms with Crippen LogP contribution in [-0.4, -0.2) is 77.4 Å². The molecule has 0 unspecified atom stereocenters. The molecule has 0 radical (unpaired) electrons. The monoisotopic (exact) mass is 375 g/mol. The molecule has 0 aromatic heterocycles. The summed E-state index contributed by atoms with van der Waals surface area (Å²) in [7, 11) is 0. The SMILES string of the molecule is O=C(CN1CCN(C(=O)Nc2cccc([N+](=O)[O-])c2)CC1)N1CCCCC1. The molecule has 146 valence electrons. The van der Waals surface area contributed by atoms with Crippen LogP contribution in [0.2, 0.25) is 0 Å². The van der Waals surface area contributed by atoms with Crippen LogP contribution < -0.4 is 5.32 Å². The minimum absolute atomic E-state index is 0.0613. The van der Waals surface area contributed by atoms with Crippen molar-refractivity contribution >= 4 is 23.3 Å². The first kappa shape index (κ1) is 19.1. The smallest absolute Gasteiger partial charge is 0.321 e. The molecule has 9 nitrogen and oxygen atoms in total. The molecule has 3 amide bonds. The molecular formula is C18H25N5O4. The van der Waals surface area contributed by atoms with Crippen molar-refractivity contribution in [1.29, 1.82) is 0 Å². The molecule has 2 fully saturated rings. The molecule has 2 aliphatic heterocycles. The number of amides is 3. The van der Waals surface area contributed by atoms with Crippen LogP contribution in [0.1, 0.15) is 19.3 Å². The van der Waals surface area contributed by atoms with E-state index in [1.54, 1.807) is 11.0 Å². The molecular weight excluding hydrogens is 350 g/mol. The van der Waals surface area contributed by atoms with Crippen molar-refractivity contribution in [3.8, 4) is 0 Å². The number of urea groups is 1. The van der Waals surface area contributed by atoms with Gasteiger partial charge >= 0.3 is 6.03 Å². The summed E-state index contributed by atoms with van der Waals surface area (Å²) >= 11 is 0. The number of nitro benzene ring substituents is 1. The zero-order valence-electron chi connectivity index (χ0n) is 15.3. The van der Waals surface area contributed by atoms with E-state index in [2.05, 4.69) is 10.2 Å². The summed E-state index contributed by atoms with van der Waals surface area (Å²) in [5, 5.41) is 13.5. The molecule has 9 heteroatoms. The Balaban J connectivity index is 1.45. The second-order valence-electron chi connectivity index (χ2n) is 6.94. The Labute approximate surface area is 158 Å². The maximum atomic E-state index is 12.4. The molecule has 27 heavy (non-hydrogen) atoms. The van der Waals surface area contributed by atoms with Gasteiger partial charge < -0.3 is 15.1 Å². The van der Waals surface area contributed by atoms with Crippen molar-refractivity contribution in [2.24, 2.45) is 0 Å². The quantitative estimate of drug-likeness (QED) is 0.639. The van der Waals surface area contributed by atoms with Crippen molar-refractivity contribution in [3.63, 3.8) is 0 Å². The van der Waals surface area contributed by atoms with Crippen molar-refractivity contribution < 1.29 is 14.5 Å². The van der Waals surface area contributed by atoms with E-state index in [-0.39, 0.29) is 17.6 Å². The number of rotatable bonds is 4. The first-order valence-electron chi connectivity index (χ1n) is 9.33. The lowest BCUT2D eigenvalue weighted by atomic mass is 10.1. The normalized spacial score (nSPS) is 18.2. The molecule has 3 rings (SSSR count). The third kappa shape index (κ3) is 5.16. The van der Waals surface area contributed by atoms with Gasteiger partial charge in [0.1, 0.15) is 0 Å². The van der Waals surface area contributed by atoms with E-state index in [4.69, 9.17) is 0 Å². The molecule has 2 heterocycles. The standard InChI is InChI=1S/C18H25N5O4/c24-17(21-7-2-1-3-8-21)14-20-9-11-22(12-10-20)18(25)19-15-5-4-6-16(13-15)23(26)27/h4-6,13H,1-3,7-12,14H2,(H,19,25). The Morgan fingerprint density at radius 1 is 1.00 bits per heavy atom. The largest absolute Gasteiger partial charge is 0.342 e. The number of hydrogen-bond donors (Lipinski definition) is 1. The van der Waals surface area contributed by atoms with Crippen LogP contribution >= 0.6 is 0 Å². The van der Waals surface area contributed by atoms with Crippen LogP contribution in [0.3, 0.4) is 0 Å². The van der Waals surface area contributed by atoms with Crippen LogP contribution in [0.5, 0.6) is 0 Å². The Bertz CT molecular complexity index is 697. The Morgan fingerprint density at radius 2 is 1.70 bits per heavy atom. The molecule has 0 bridgehead atoms. The highest BCUT2D eigenvalue weighted by Gasteiger charge is 2.25. The molecule has 0 spiro atoms. The molecule has 2 aliphatic rings. The number of nitrogens with one attached hydrogen (secondary N) is 1. The van der Waals surface area contributed by atoms with Crippen LogP contribution in [0, 0.1) is 10.1 Å².